The fourth-order valence-corrected chi connectivity index (χ4v) is 3.45. The van der Waals surface area contributed by atoms with E-state index >= 15 is 0 Å². The molecule has 1 saturated carbocycles. The minimum Gasteiger partial charge on any atom is -0.356 e. The smallest absolute Gasteiger partial charge is 0.225 e. The fraction of sp³-hybridized carbons (Fsp3) is 0.550. The van der Waals surface area contributed by atoms with Crippen LogP contribution >= 0.6 is 24.0 Å². The van der Waals surface area contributed by atoms with Crippen LogP contribution in [0, 0.1) is 5.92 Å². The predicted molar refractivity (Wildman–Crippen MR) is 122 cm³/mol. The average Bonchev–Trinajstić information content (AvgIpc) is 2.62. The molecule has 0 aromatic heterocycles. The number of amides is 2. The molecule has 1 heterocycles. The van der Waals surface area contributed by atoms with E-state index in [1.54, 1.807) is 7.05 Å². The third-order valence-corrected chi connectivity index (χ3v) is 5.27. The van der Waals surface area contributed by atoms with Crippen molar-refractivity contribution >= 4 is 47.4 Å². The molecule has 154 valence electrons. The Bertz CT molecular complexity index is 706. The summed E-state index contributed by atoms with van der Waals surface area (Å²) >= 11 is 0. The number of carbonyl (C=O) groups is 2. The van der Waals surface area contributed by atoms with Crippen molar-refractivity contribution in [3.05, 3.63) is 29.8 Å². The molecule has 3 rings (SSSR count). The Morgan fingerprint density at radius 1 is 1.18 bits per heavy atom. The predicted octanol–water partition coefficient (Wildman–Crippen LogP) is 2.20. The SMILES string of the molecule is CN=C(NCCCNC(=O)C1CCC1)NCC1CC(=O)Nc2ccccc21.I. The van der Waals surface area contributed by atoms with E-state index in [0.29, 0.717) is 25.5 Å². The van der Waals surface area contributed by atoms with Gasteiger partial charge in [-0.3, -0.25) is 14.6 Å². The zero-order valence-electron chi connectivity index (χ0n) is 16.3. The zero-order valence-corrected chi connectivity index (χ0v) is 18.6. The first-order chi connectivity index (χ1) is 13.2. The first-order valence-electron chi connectivity index (χ1n) is 9.78. The standard InChI is InChI=1S/C20H29N5O2.HI/c1-21-20(23-11-5-10-22-19(27)14-6-4-7-14)24-13-15-12-18(26)25-17-9-3-2-8-16(15)17;/h2-3,8-9,14-15H,4-7,10-13H2,1H3,(H,22,27)(H,25,26)(H2,21,23,24);1H. The van der Waals surface area contributed by atoms with Crippen molar-refractivity contribution in [1.29, 1.82) is 0 Å². The topological polar surface area (TPSA) is 94.6 Å². The number of fused-ring (bicyclic) bond motifs is 1. The number of anilines is 1. The molecular formula is C20H30IN5O2. The van der Waals surface area contributed by atoms with E-state index in [1.165, 1.54) is 6.42 Å². The quantitative estimate of drug-likeness (QED) is 0.200. The first-order valence-corrected chi connectivity index (χ1v) is 9.78. The first kappa shape index (κ1) is 22.4. The van der Waals surface area contributed by atoms with E-state index in [-0.39, 0.29) is 47.6 Å². The number of aliphatic imine (C=N–C) groups is 1. The van der Waals surface area contributed by atoms with Crippen LogP contribution in [-0.4, -0.2) is 44.5 Å². The van der Waals surface area contributed by atoms with Crippen LogP contribution in [0.15, 0.2) is 29.3 Å². The average molecular weight is 499 g/mol. The molecule has 0 saturated heterocycles. The normalized spacial score (nSPS) is 18.8. The Hall–Kier alpha value is -1.84. The molecule has 1 aliphatic heterocycles. The molecular weight excluding hydrogens is 469 g/mol. The van der Waals surface area contributed by atoms with Gasteiger partial charge in [-0.25, -0.2) is 0 Å². The molecule has 2 amide bonds. The van der Waals surface area contributed by atoms with Gasteiger partial charge in [-0.15, -0.1) is 24.0 Å². The summed E-state index contributed by atoms with van der Waals surface area (Å²) < 4.78 is 0. The Morgan fingerprint density at radius 3 is 2.64 bits per heavy atom. The summed E-state index contributed by atoms with van der Waals surface area (Å²) in [6.07, 6.45) is 4.54. The number of hydrogen-bond donors (Lipinski definition) is 4. The zero-order chi connectivity index (χ0) is 19.1. The summed E-state index contributed by atoms with van der Waals surface area (Å²) in [6, 6.07) is 7.92. The van der Waals surface area contributed by atoms with Crippen LogP contribution in [0.3, 0.4) is 0 Å². The van der Waals surface area contributed by atoms with E-state index in [0.717, 1.165) is 37.1 Å². The van der Waals surface area contributed by atoms with Crippen molar-refractivity contribution < 1.29 is 9.59 Å². The molecule has 1 aliphatic carbocycles. The number of nitrogens with one attached hydrogen (secondary N) is 4. The van der Waals surface area contributed by atoms with Crippen LogP contribution in [0.1, 0.15) is 43.6 Å². The molecule has 1 aromatic carbocycles. The summed E-state index contributed by atoms with van der Waals surface area (Å²) in [5.74, 6) is 1.31. The minimum absolute atomic E-state index is 0. The monoisotopic (exact) mass is 499 g/mol. The minimum atomic E-state index is 0. The lowest BCUT2D eigenvalue weighted by Crippen LogP contribution is -2.42. The Morgan fingerprint density at radius 2 is 1.93 bits per heavy atom. The lowest BCUT2D eigenvalue weighted by atomic mass is 9.85. The largest absolute Gasteiger partial charge is 0.356 e. The molecule has 7 nitrogen and oxygen atoms in total. The third-order valence-electron chi connectivity index (χ3n) is 5.27. The van der Waals surface area contributed by atoms with Crippen LogP contribution in [0.5, 0.6) is 0 Å². The maximum atomic E-state index is 11.9. The molecule has 4 N–H and O–H groups in total. The van der Waals surface area contributed by atoms with E-state index in [4.69, 9.17) is 0 Å². The van der Waals surface area contributed by atoms with Gasteiger partial charge in [0.25, 0.3) is 0 Å². The van der Waals surface area contributed by atoms with Gasteiger partial charge in [-0.05, 0) is 30.9 Å². The summed E-state index contributed by atoms with van der Waals surface area (Å²) in [4.78, 5) is 27.9. The number of nitrogens with zero attached hydrogens (tertiary/aromatic N) is 1. The maximum Gasteiger partial charge on any atom is 0.225 e. The number of guanidine groups is 1. The second-order valence-corrected chi connectivity index (χ2v) is 7.19. The van der Waals surface area contributed by atoms with Gasteiger partial charge in [0.2, 0.25) is 11.8 Å². The van der Waals surface area contributed by atoms with Gasteiger partial charge in [0, 0.05) is 50.6 Å². The van der Waals surface area contributed by atoms with Crippen molar-refractivity contribution in [2.75, 3.05) is 32.0 Å². The number of hydrogen-bond acceptors (Lipinski definition) is 3. The number of halogens is 1. The molecule has 28 heavy (non-hydrogen) atoms. The van der Waals surface area contributed by atoms with E-state index < -0.39 is 0 Å². The lowest BCUT2D eigenvalue weighted by Gasteiger charge is -2.26. The second kappa shape index (κ2) is 11.2. The van der Waals surface area contributed by atoms with Crippen LogP contribution in [0.25, 0.3) is 0 Å². The van der Waals surface area contributed by atoms with Crippen LogP contribution < -0.4 is 21.3 Å². The van der Waals surface area contributed by atoms with Gasteiger partial charge in [0.05, 0.1) is 0 Å². The number of rotatable bonds is 7. The van der Waals surface area contributed by atoms with E-state index in [1.807, 2.05) is 18.2 Å². The van der Waals surface area contributed by atoms with Gasteiger partial charge in [-0.1, -0.05) is 24.6 Å². The van der Waals surface area contributed by atoms with E-state index in [9.17, 15) is 9.59 Å². The highest BCUT2D eigenvalue weighted by Gasteiger charge is 2.25. The summed E-state index contributed by atoms with van der Waals surface area (Å²) in [5, 5.41) is 12.5. The fourth-order valence-electron chi connectivity index (χ4n) is 3.45. The highest BCUT2D eigenvalue weighted by Crippen LogP contribution is 2.31. The second-order valence-electron chi connectivity index (χ2n) is 7.19. The van der Waals surface area contributed by atoms with Gasteiger partial charge in [0.15, 0.2) is 5.96 Å². The molecule has 0 radical (unpaired) electrons. The Labute approximate surface area is 183 Å². The molecule has 1 atom stereocenters. The van der Waals surface area contributed by atoms with Gasteiger partial charge in [-0.2, -0.15) is 0 Å². The van der Waals surface area contributed by atoms with Crippen LogP contribution in [0.2, 0.25) is 0 Å². The van der Waals surface area contributed by atoms with Crippen LogP contribution in [0.4, 0.5) is 5.69 Å². The lowest BCUT2D eigenvalue weighted by molar-refractivity contribution is -0.127. The van der Waals surface area contributed by atoms with Crippen LogP contribution in [-0.2, 0) is 9.59 Å². The summed E-state index contributed by atoms with van der Waals surface area (Å²) in [6.45, 7) is 2.05. The van der Waals surface area contributed by atoms with Crippen molar-refractivity contribution in [2.45, 2.75) is 38.0 Å². The van der Waals surface area contributed by atoms with Gasteiger partial charge < -0.3 is 21.3 Å². The highest BCUT2D eigenvalue weighted by atomic mass is 127. The molecule has 8 heteroatoms. The molecule has 2 aliphatic rings. The Balaban J connectivity index is 0.00000280. The summed E-state index contributed by atoms with van der Waals surface area (Å²) in [7, 11) is 1.73. The number of carbonyl (C=O) groups excluding carboxylic acids is 2. The molecule has 1 unspecified atom stereocenters. The van der Waals surface area contributed by atoms with Gasteiger partial charge >= 0.3 is 0 Å². The third kappa shape index (κ3) is 6.08. The summed E-state index contributed by atoms with van der Waals surface area (Å²) in [5.41, 5.74) is 2.05. The van der Waals surface area contributed by atoms with E-state index in [2.05, 4.69) is 32.3 Å². The molecule has 1 aromatic rings. The molecule has 0 bridgehead atoms. The maximum absolute atomic E-state index is 11.9. The van der Waals surface area contributed by atoms with Crippen molar-refractivity contribution in [2.24, 2.45) is 10.9 Å². The number of benzene rings is 1. The molecule has 1 fully saturated rings. The van der Waals surface area contributed by atoms with Gasteiger partial charge in [0.1, 0.15) is 0 Å². The number of para-hydroxylation sites is 1. The molecule has 0 spiro atoms. The Kier molecular flexibility index (Phi) is 9.01. The van der Waals surface area contributed by atoms with Crippen molar-refractivity contribution in [1.82, 2.24) is 16.0 Å². The van der Waals surface area contributed by atoms with Crippen molar-refractivity contribution in [3.8, 4) is 0 Å². The van der Waals surface area contributed by atoms with Crippen molar-refractivity contribution in [3.63, 3.8) is 0 Å². The highest BCUT2D eigenvalue weighted by molar-refractivity contribution is 14.0.